The van der Waals surface area contributed by atoms with Crippen LogP contribution in [-0.2, 0) is 13.1 Å². The molecule has 0 aliphatic heterocycles. The molecule has 39 heavy (non-hydrogen) atoms. The third kappa shape index (κ3) is 5.74. The van der Waals surface area contributed by atoms with E-state index in [1.807, 2.05) is 0 Å². The van der Waals surface area contributed by atoms with E-state index in [-0.39, 0.29) is 22.6 Å². The molecule has 0 radical (unpaired) electrons. The van der Waals surface area contributed by atoms with Crippen molar-refractivity contribution in [1.82, 2.24) is 24.4 Å². The summed E-state index contributed by atoms with van der Waals surface area (Å²) < 4.78 is 47.9. The van der Waals surface area contributed by atoms with E-state index in [1.54, 1.807) is 24.3 Å². The summed E-state index contributed by atoms with van der Waals surface area (Å²) >= 11 is 0. The number of pyridine rings is 1. The van der Waals surface area contributed by atoms with Crippen LogP contribution in [0.15, 0.2) is 63.0 Å². The average molecular weight is 542 g/mol. The molecule has 0 fully saturated rings. The topological polar surface area (TPSA) is 140 Å². The van der Waals surface area contributed by atoms with Gasteiger partial charge < -0.3 is 20.4 Å². The Morgan fingerprint density at radius 1 is 1.00 bits per heavy atom. The molecule has 0 saturated heterocycles. The Morgan fingerprint density at radius 3 is 2.28 bits per heavy atom. The lowest BCUT2D eigenvalue weighted by molar-refractivity contribution is 0.0962. The molecule has 0 spiro atoms. The smallest absolute Gasteiger partial charge is 0.355 e. The summed E-state index contributed by atoms with van der Waals surface area (Å²) in [7, 11) is 2.85. The lowest BCUT2D eigenvalue weighted by Gasteiger charge is -2.16. The zero-order chi connectivity index (χ0) is 28.3. The SMILES string of the molecule is CNC(=O)c1c[nH]c(=O)c(Cn2c(=O)nc(Nc3ccc(OC)cc3)n(Cc3cc(F)c(F)c(F)c3)c2=O)c1. The van der Waals surface area contributed by atoms with Crippen LogP contribution in [0.4, 0.5) is 24.8 Å². The Bertz CT molecular complexity index is 1710. The van der Waals surface area contributed by atoms with Crippen molar-refractivity contribution >= 4 is 17.5 Å². The normalized spacial score (nSPS) is 10.8. The van der Waals surface area contributed by atoms with Gasteiger partial charge in [-0.05, 0) is 48.0 Å². The third-order valence-corrected chi connectivity index (χ3v) is 5.68. The Hall–Kier alpha value is -5.14. The molecule has 2 heterocycles. The predicted molar refractivity (Wildman–Crippen MR) is 134 cm³/mol. The van der Waals surface area contributed by atoms with Crippen LogP contribution >= 0.6 is 0 Å². The van der Waals surface area contributed by atoms with Gasteiger partial charge in [-0.15, -0.1) is 0 Å². The Morgan fingerprint density at radius 2 is 1.67 bits per heavy atom. The van der Waals surface area contributed by atoms with Crippen LogP contribution in [0, 0.1) is 17.5 Å². The number of methoxy groups -OCH3 is 1. The van der Waals surface area contributed by atoms with Gasteiger partial charge in [0, 0.05) is 24.5 Å². The standard InChI is InChI=1S/C25H21F3N6O5/c1-29-21(35)14-9-15(22(36)30-10-14)12-34-24(37)32-23(31-16-3-5-17(39-2)6-4-16)33(25(34)38)11-13-7-18(26)20(28)19(27)8-13/h3-10H,11-12H2,1-2H3,(H,29,35)(H,30,36)(H,31,32,37). The molecule has 1 amide bonds. The number of nitrogens with zero attached hydrogens (tertiary/aromatic N) is 3. The molecule has 0 aliphatic rings. The number of ether oxygens (including phenoxy) is 1. The van der Waals surface area contributed by atoms with Gasteiger partial charge in [-0.1, -0.05) is 0 Å². The number of carbonyl (C=O) groups is 1. The summed E-state index contributed by atoms with van der Waals surface area (Å²) in [5.74, 6) is -4.90. The van der Waals surface area contributed by atoms with Crippen LogP contribution in [-0.4, -0.2) is 39.2 Å². The van der Waals surface area contributed by atoms with Crippen LogP contribution in [0.1, 0.15) is 21.5 Å². The van der Waals surface area contributed by atoms with Crippen LogP contribution < -0.4 is 32.3 Å². The van der Waals surface area contributed by atoms with Gasteiger partial charge in [-0.3, -0.25) is 14.2 Å². The van der Waals surface area contributed by atoms with Gasteiger partial charge >= 0.3 is 11.4 Å². The van der Waals surface area contributed by atoms with E-state index in [9.17, 15) is 32.3 Å². The number of nitrogens with one attached hydrogen (secondary N) is 3. The van der Waals surface area contributed by atoms with Crippen molar-refractivity contribution in [3.05, 3.63) is 114 Å². The van der Waals surface area contributed by atoms with Gasteiger partial charge in [-0.2, -0.15) is 4.98 Å². The summed E-state index contributed by atoms with van der Waals surface area (Å²) in [5.41, 5.74) is -2.49. The first-order valence-corrected chi connectivity index (χ1v) is 11.3. The lowest BCUT2D eigenvalue weighted by atomic mass is 10.2. The number of aromatic nitrogens is 4. The predicted octanol–water partition coefficient (Wildman–Crippen LogP) is 1.72. The van der Waals surface area contributed by atoms with Crippen LogP contribution in [0.25, 0.3) is 0 Å². The minimum absolute atomic E-state index is 0.0727. The number of amides is 1. The molecule has 2 aromatic heterocycles. The van der Waals surface area contributed by atoms with Crippen molar-refractivity contribution in [2.24, 2.45) is 0 Å². The summed E-state index contributed by atoms with van der Waals surface area (Å²) in [5, 5.41) is 5.19. The van der Waals surface area contributed by atoms with Gasteiger partial charge in [0.15, 0.2) is 17.5 Å². The quantitative estimate of drug-likeness (QED) is 0.288. The number of hydrogen-bond acceptors (Lipinski definition) is 7. The molecule has 0 atom stereocenters. The van der Waals surface area contributed by atoms with Gasteiger partial charge in [0.2, 0.25) is 5.95 Å². The van der Waals surface area contributed by atoms with E-state index in [4.69, 9.17) is 4.74 Å². The molecule has 0 unspecified atom stereocenters. The molecule has 0 bridgehead atoms. The Labute approximate surface area is 217 Å². The molecule has 3 N–H and O–H groups in total. The minimum Gasteiger partial charge on any atom is -0.497 e. The fourth-order valence-electron chi connectivity index (χ4n) is 3.68. The van der Waals surface area contributed by atoms with Crippen LogP contribution in [0.5, 0.6) is 5.75 Å². The Balaban J connectivity index is 1.83. The maximum atomic E-state index is 13.9. The first kappa shape index (κ1) is 26.9. The third-order valence-electron chi connectivity index (χ3n) is 5.68. The monoisotopic (exact) mass is 542 g/mol. The van der Waals surface area contributed by atoms with Gasteiger partial charge in [0.05, 0.1) is 25.8 Å². The highest BCUT2D eigenvalue weighted by atomic mass is 19.2. The summed E-state index contributed by atoms with van der Waals surface area (Å²) in [4.78, 5) is 57.0. The van der Waals surface area contributed by atoms with Crippen molar-refractivity contribution in [2.75, 3.05) is 19.5 Å². The molecule has 11 nitrogen and oxygen atoms in total. The fourth-order valence-corrected chi connectivity index (χ4v) is 3.68. The second-order valence-corrected chi connectivity index (χ2v) is 8.22. The molecular weight excluding hydrogens is 521 g/mol. The largest absolute Gasteiger partial charge is 0.497 e. The maximum absolute atomic E-state index is 13.9. The zero-order valence-corrected chi connectivity index (χ0v) is 20.5. The second-order valence-electron chi connectivity index (χ2n) is 8.22. The molecule has 4 aromatic rings. The second kappa shape index (κ2) is 11.1. The number of rotatable bonds is 8. The zero-order valence-electron chi connectivity index (χ0n) is 20.5. The number of halogens is 3. The highest BCUT2D eigenvalue weighted by Gasteiger charge is 2.18. The lowest BCUT2D eigenvalue weighted by Crippen LogP contribution is -2.43. The summed E-state index contributed by atoms with van der Waals surface area (Å²) in [6.07, 6.45) is 1.17. The van der Waals surface area contributed by atoms with Gasteiger partial charge in [0.25, 0.3) is 11.5 Å². The van der Waals surface area contributed by atoms with Crippen molar-refractivity contribution in [3.8, 4) is 5.75 Å². The first-order chi connectivity index (χ1) is 18.6. The fraction of sp³-hybridized carbons (Fsp3) is 0.160. The van der Waals surface area contributed by atoms with Crippen molar-refractivity contribution in [1.29, 1.82) is 0 Å². The van der Waals surface area contributed by atoms with E-state index in [1.165, 1.54) is 26.4 Å². The van der Waals surface area contributed by atoms with E-state index in [0.717, 1.165) is 4.57 Å². The van der Waals surface area contributed by atoms with E-state index < -0.39 is 53.4 Å². The first-order valence-electron chi connectivity index (χ1n) is 11.3. The summed E-state index contributed by atoms with van der Waals surface area (Å²) in [6, 6.07) is 8.96. The molecular formula is C25H21F3N6O5. The number of aromatic amines is 1. The molecule has 4 rings (SSSR count). The van der Waals surface area contributed by atoms with E-state index in [2.05, 4.69) is 20.6 Å². The van der Waals surface area contributed by atoms with Crippen molar-refractivity contribution in [3.63, 3.8) is 0 Å². The Kier molecular flexibility index (Phi) is 7.65. The minimum atomic E-state index is -1.68. The highest BCUT2D eigenvalue weighted by molar-refractivity contribution is 5.93. The van der Waals surface area contributed by atoms with E-state index in [0.29, 0.717) is 28.1 Å². The maximum Gasteiger partial charge on any atom is 0.355 e. The van der Waals surface area contributed by atoms with Gasteiger partial charge in [0.1, 0.15) is 5.75 Å². The number of anilines is 2. The van der Waals surface area contributed by atoms with E-state index >= 15 is 0 Å². The summed E-state index contributed by atoms with van der Waals surface area (Å²) in [6.45, 7) is -1.09. The van der Waals surface area contributed by atoms with Crippen LogP contribution in [0.3, 0.4) is 0 Å². The van der Waals surface area contributed by atoms with Crippen LogP contribution in [0.2, 0.25) is 0 Å². The molecule has 202 valence electrons. The number of benzene rings is 2. The number of H-pyrrole nitrogens is 1. The molecule has 2 aromatic carbocycles. The van der Waals surface area contributed by atoms with Gasteiger partial charge in [-0.25, -0.2) is 27.3 Å². The number of hydrogen-bond donors (Lipinski definition) is 3. The molecule has 0 aliphatic carbocycles. The average Bonchev–Trinajstić information content (AvgIpc) is 2.92. The number of carbonyl (C=O) groups excluding carboxylic acids is 1. The highest BCUT2D eigenvalue weighted by Crippen LogP contribution is 2.19. The van der Waals surface area contributed by atoms with Crippen molar-refractivity contribution in [2.45, 2.75) is 13.1 Å². The van der Waals surface area contributed by atoms with Crippen molar-refractivity contribution < 1.29 is 22.7 Å². The molecule has 14 heteroatoms. The molecule has 0 saturated carbocycles.